The Morgan fingerprint density at radius 2 is 2.22 bits per heavy atom. The molecule has 8 heteroatoms. The number of hydrogen-bond acceptors (Lipinski definition) is 6. The van der Waals surface area contributed by atoms with Gasteiger partial charge in [-0.3, -0.25) is 10.1 Å². The Kier molecular flexibility index (Phi) is 3.33. The third-order valence-corrected chi connectivity index (χ3v) is 2.26. The lowest BCUT2D eigenvalue weighted by Crippen LogP contribution is -1.94. The van der Waals surface area contributed by atoms with Gasteiger partial charge in [-0.2, -0.15) is 10.1 Å². The van der Waals surface area contributed by atoms with Gasteiger partial charge >= 0.3 is 0 Å². The minimum atomic E-state index is -0.456. The number of rotatable bonds is 3. The highest BCUT2D eigenvalue weighted by atomic mass is 35.5. The molecule has 92 valence electrons. The van der Waals surface area contributed by atoms with Gasteiger partial charge in [-0.05, 0) is 30.7 Å². The monoisotopic (exact) mass is 266 g/mol. The van der Waals surface area contributed by atoms with Crippen molar-refractivity contribution in [3.63, 3.8) is 0 Å². The van der Waals surface area contributed by atoms with E-state index in [-0.39, 0.29) is 16.9 Å². The molecule has 0 spiro atoms. The Bertz CT molecular complexity index is 605. The van der Waals surface area contributed by atoms with E-state index in [0.717, 1.165) is 0 Å². The van der Waals surface area contributed by atoms with E-state index in [0.29, 0.717) is 11.3 Å². The molecule has 2 rings (SSSR count). The molecule has 0 aliphatic carbocycles. The van der Waals surface area contributed by atoms with E-state index < -0.39 is 4.92 Å². The number of nitrogens with zero attached hydrogens (tertiary/aromatic N) is 4. The lowest BCUT2D eigenvalue weighted by molar-refractivity contribution is -0.385. The van der Waals surface area contributed by atoms with Gasteiger partial charge in [0.1, 0.15) is 11.9 Å². The van der Waals surface area contributed by atoms with Crippen molar-refractivity contribution in [2.75, 3.05) is 0 Å². The molecule has 1 aromatic carbocycles. The number of nitro benzene ring substituents is 1. The topological polar surface area (TPSA) is 91.0 Å². The number of aryl methyl sites for hydroxylation is 1. The van der Waals surface area contributed by atoms with Gasteiger partial charge in [0.25, 0.3) is 5.69 Å². The maximum atomic E-state index is 10.7. The van der Waals surface area contributed by atoms with Gasteiger partial charge in [0.2, 0.25) is 11.2 Å². The number of hydrogen-bond donors (Lipinski definition) is 0. The molecule has 18 heavy (non-hydrogen) atoms. The summed E-state index contributed by atoms with van der Waals surface area (Å²) >= 11 is 5.56. The van der Waals surface area contributed by atoms with Crippen LogP contribution in [0.1, 0.15) is 5.56 Å². The van der Waals surface area contributed by atoms with Crippen LogP contribution >= 0.6 is 11.6 Å². The van der Waals surface area contributed by atoms with Gasteiger partial charge in [0.05, 0.1) is 4.92 Å². The molecule has 0 N–H and O–H groups in total. The molecule has 0 unspecified atom stereocenters. The number of benzene rings is 1. The van der Waals surface area contributed by atoms with Crippen molar-refractivity contribution in [2.45, 2.75) is 6.92 Å². The number of halogens is 1. The predicted molar refractivity (Wildman–Crippen MR) is 62.7 cm³/mol. The largest absolute Gasteiger partial charge is 0.437 e. The molecule has 0 radical (unpaired) electrons. The minimum Gasteiger partial charge on any atom is -0.437 e. The zero-order valence-corrected chi connectivity index (χ0v) is 9.96. The fraction of sp³-hybridized carbons (Fsp3) is 0.100. The van der Waals surface area contributed by atoms with Crippen LogP contribution in [0, 0.1) is 17.0 Å². The molecule has 7 nitrogen and oxygen atoms in total. The highest BCUT2D eigenvalue weighted by Gasteiger charge is 2.11. The lowest BCUT2D eigenvalue weighted by atomic mass is 10.2. The molecule has 1 aromatic heterocycles. The smallest absolute Gasteiger partial charge is 0.272 e. The first-order valence-electron chi connectivity index (χ1n) is 4.84. The van der Waals surface area contributed by atoms with Crippen molar-refractivity contribution in [2.24, 2.45) is 0 Å². The van der Waals surface area contributed by atoms with Gasteiger partial charge in [0.15, 0.2) is 0 Å². The van der Waals surface area contributed by atoms with Crippen molar-refractivity contribution < 1.29 is 9.66 Å². The second kappa shape index (κ2) is 4.92. The van der Waals surface area contributed by atoms with Crippen LogP contribution in [-0.4, -0.2) is 20.1 Å². The summed E-state index contributed by atoms with van der Waals surface area (Å²) in [6.45, 7) is 1.62. The summed E-state index contributed by atoms with van der Waals surface area (Å²) in [5.74, 6) is 0.581. The zero-order valence-electron chi connectivity index (χ0n) is 9.20. The van der Waals surface area contributed by atoms with Crippen molar-refractivity contribution in [3.05, 3.63) is 45.4 Å². The highest BCUT2D eigenvalue weighted by Crippen LogP contribution is 2.26. The molecule has 0 amide bonds. The fourth-order valence-electron chi connectivity index (χ4n) is 1.33. The molecule has 0 aliphatic heterocycles. The average Bonchev–Trinajstić information content (AvgIpc) is 2.28. The van der Waals surface area contributed by atoms with Gasteiger partial charge < -0.3 is 4.74 Å². The van der Waals surface area contributed by atoms with Crippen molar-refractivity contribution in [3.8, 4) is 11.6 Å². The van der Waals surface area contributed by atoms with E-state index in [1.165, 1.54) is 24.4 Å². The van der Waals surface area contributed by atoms with Gasteiger partial charge in [0, 0.05) is 11.6 Å². The minimum absolute atomic E-state index is 0.0289. The summed E-state index contributed by atoms with van der Waals surface area (Å²) in [7, 11) is 0. The Morgan fingerprint density at radius 1 is 1.44 bits per heavy atom. The molecule has 2 aromatic rings. The van der Waals surface area contributed by atoms with Crippen LogP contribution in [0.5, 0.6) is 11.6 Å². The summed E-state index contributed by atoms with van der Waals surface area (Å²) in [5.41, 5.74) is 0.520. The van der Waals surface area contributed by atoms with Gasteiger partial charge in [-0.15, -0.1) is 5.10 Å². The molecule has 0 atom stereocenters. The fourth-order valence-corrected chi connectivity index (χ4v) is 1.46. The van der Waals surface area contributed by atoms with Gasteiger partial charge in [-0.25, -0.2) is 0 Å². The third kappa shape index (κ3) is 2.69. The number of nitro groups is 1. The maximum Gasteiger partial charge on any atom is 0.272 e. The summed E-state index contributed by atoms with van der Waals surface area (Å²) in [4.78, 5) is 14.0. The quantitative estimate of drug-likeness (QED) is 0.626. The SMILES string of the molecule is Cc1cc(Oc2cnnc(Cl)n2)ccc1[N+](=O)[O-]. The van der Waals surface area contributed by atoms with E-state index in [4.69, 9.17) is 16.3 Å². The molecule has 0 saturated heterocycles. The summed E-state index contributed by atoms with van der Waals surface area (Å²) in [5, 5.41) is 17.7. The standard InChI is InChI=1S/C10H7ClN4O3/c1-6-4-7(2-3-8(6)15(16)17)18-9-5-12-14-10(11)13-9/h2-5H,1H3. The summed E-state index contributed by atoms with van der Waals surface area (Å²) < 4.78 is 5.35. The number of aromatic nitrogens is 3. The molecule has 0 fully saturated rings. The molecule has 1 heterocycles. The first-order chi connectivity index (χ1) is 8.56. The first-order valence-corrected chi connectivity index (χ1v) is 5.22. The second-order valence-electron chi connectivity index (χ2n) is 3.37. The van der Waals surface area contributed by atoms with Crippen molar-refractivity contribution in [1.82, 2.24) is 15.2 Å². The summed E-state index contributed by atoms with van der Waals surface area (Å²) in [6, 6.07) is 4.37. The maximum absolute atomic E-state index is 10.7. The third-order valence-electron chi connectivity index (χ3n) is 2.10. The second-order valence-corrected chi connectivity index (χ2v) is 3.71. The lowest BCUT2D eigenvalue weighted by Gasteiger charge is -2.04. The Balaban J connectivity index is 2.25. The van der Waals surface area contributed by atoms with E-state index in [9.17, 15) is 10.1 Å². The Hall–Kier alpha value is -2.28. The van der Waals surface area contributed by atoms with Crippen LogP contribution < -0.4 is 4.74 Å². The van der Waals surface area contributed by atoms with E-state index in [2.05, 4.69) is 15.2 Å². The number of ether oxygens (including phenoxy) is 1. The highest BCUT2D eigenvalue weighted by molar-refractivity contribution is 6.28. The van der Waals surface area contributed by atoms with Crippen LogP contribution in [0.3, 0.4) is 0 Å². The molecular weight excluding hydrogens is 260 g/mol. The normalized spacial score (nSPS) is 10.1. The molecule has 0 aliphatic rings. The molecule has 0 bridgehead atoms. The van der Waals surface area contributed by atoms with Crippen molar-refractivity contribution in [1.29, 1.82) is 0 Å². The van der Waals surface area contributed by atoms with Crippen molar-refractivity contribution >= 4 is 17.3 Å². The van der Waals surface area contributed by atoms with E-state index in [1.807, 2.05) is 0 Å². The van der Waals surface area contributed by atoms with Crippen LogP contribution in [0.15, 0.2) is 24.4 Å². The van der Waals surface area contributed by atoms with E-state index >= 15 is 0 Å². The first kappa shape index (κ1) is 12.2. The van der Waals surface area contributed by atoms with Crippen LogP contribution in [0.25, 0.3) is 0 Å². The van der Waals surface area contributed by atoms with Crippen LogP contribution in [0.4, 0.5) is 5.69 Å². The molecular formula is C10H7ClN4O3. The predicted octanol–water partition coefficient (Wildman–Crippen LogP) is 2.53. The van der Waals surface area contributed by atoms with Crippen LogP contribution in [0.2, 0.25) is 5.28 Å². The van der Waals surface area contributed by atoms with Gasteiger partial charge in [-0.1, -0.05) is 0 Å². The Labute approximate surface area is 107 Å². The average molecular weight is 267 g/mol. The van der Waals surface area contributed by atoms with E-state index in [1.54, 1.807) is 6.92 Å². The Morgan fingerprint density at radius 3 is 2.83 bits per heavy atom. The van der Waals surface area contributed by atoms with Crippen LogP contribution in [-0.2, 0) is 0 Å². The molecule has 0 saturated carbocycles. The summed E-state index contributed by atoms with van der Waals surface area (Å²) in [6.07, 6.45) is 1.29. The zero-order chi connectivity index (χ0) is 13.1.